The van der Waals surface area contributed by atoms with Gasteiger partial charge in [-0.05, 0) is 38.2 Å². The molecule has 9 nitrogen and oxygen atoms in total. The molecule has 1 aromatic rings. The number of rotatable bonds is 4. The number of esters is 1. The van der Waals surface area contributed by atoms with Gasteiger partial charge in [0, 0.05) is 13.3 Å². The van der Waals surface area contributed by atoms with Crippen molar-refractivity contribution in [2.24, 2.45) is 17.3 Å². The summed E-state index contributed by atoms with van der Waals surface area (Å²) in [5, 5.41) is 22.6. The van der Waals surface area contributed by atoms with Crippen LogP contribution in [-0.4, -0.2) is 69.2 Å². The second-order valence-electron chi connectivity index (χ2n) is 12.2. The maximum atomic E-state index is 13.7. The molecule has 0 radical (unpaired) electrons. The number of aliphatic hydroxyl groups is 2. The lowest BCUT2D eigenvalue weighted by atomic mass is 9.71. The molecule has 2 N–H and O–H groups in total. The fraction of sp³-hybridized carbons (Fsp3) is 0.759. The lowest BCUT2D eigenvalue weighted by Crippen LogP contribution is -2.48. The van der Waals surface area contributed by atoms with Crippen LogP contribution in [0, 0.1) is 24.2 Å². The molecule has 39 heavy (non-hydrogen) atoms. The molecule has 218 valence electrons. The number of ether oxygens (including phenoxy) is 3. The molecule has 3 aliphatic rings. The standard InChI is InChI=1S/C29H42ClNO8/c1-7-29-13-20(19(30)11-18-14-36-17(3)31-18)38-23(33)12-22(32)27(4,5)26(35)24(21-15-37-21)25(34)16(2)9-8-10-28(29,6)39-29/h11,14,16,20-22,24-25,32,34H,7-10,12-13,15H2,1-6H3/t16-,20-,21?,22-,24-,25+,28?,29?/m0/s1. The van der Waals surface area contributed by atoms with Crippen molar-refractivity contribution in [2.45, 2.75) is 116 Å². The Balaban J connectivity index is 1.64. The summed E-state index contributed by atoms with van der Waals surface area (Å²) in [5.74, 6) is -1.48. The number of Topliss-reactive ketones (excluding diaryl/α,β-unsaturated/α-hetero) is 1. The molecule has 0 aliphatic carbocycles. The highest BCUT2D eigenvalue weighted by Crippen LogP contribution is 2.57. The largest absolute Gasteiger partial charge is 0.456 e. The Kier molecular flexibility index (Phi) is 8.70. The van der Waals surface area contributed by atoms with Crippen molar-refractivity contribution >= 4 is 29.4 Å². The summed E-state index contributed by atoms with van der Waals surface area (Å²) in [4.78, 5) is 31.1. The van der Waals surface area contributed by atoms with Gasteiger partial charge in [0.2, 0.25) is 0 Å². The van der Waals surface area contributed by atoms with Gasteiger partial charge >= 0.3 is 5.97 Å². The van der Waals surface area contributed by atoms with Crippen molar-refractivity contribution in [3.8, 4) is 0 Å². The van der Waals surface area contributed by atoms with Gasteiger partial charge in [-0.25, -0.2) is 4.98 Å². The van der Waals surface area contributed by atoms with E-state index < -0.39 is 59.3 Å². The van der Waals surface area contributed by atoms with E-state index in [4.69, 9.17) is 30.2 Å². The van der Waals surface area contributed by atoms with Crippen LogP contribution in [0.1, 0.15) is 84.7 Å². The second kappa shape index (κ2) is 11.2. The second-order valence-corrected chi connectivity index (χ2v) is 12.7. The minimum atomic E-state index is -1.33. The molecule has 0 spiro atoms. The van der Waals surface area contributed by atoms with Gasteiger partial charge in [0.05, 0.1) is 53.3 Å². The topological polar surface area (TPSA) is 135 Å². The Morgan fingerprint density at radius 2 is 1.95 bits per heavy atom. The highest BCUT2D eigenvalue weighted by molar-refractivity contribution is 6.32. The summed E-state index contributed by atoms with van der Waals surface area (Å²) in [6.07, 6.45) is 2.40. The minimum Gasteiger partial charge on any atom is -0.456 e. The number of oxazole rings is 1. The zero-order valence-corrected chi connectivity index (χ0v) is 24.5. The average Bonchev–Trinajstić information content (AvgIpc) is 3.75. The lowest BCUT2D eigenvalue weighted by molar-refractivity contribution is -0.155. The number of halogens is 1. The Labute approximate surface area is 235 Å². The van der Waals surface area contributed by atoms with Gasteiger partial charge in [0.25, 0.3) is 0 Å². The third kappa shape index (κ3) is 6.27. The van der Waals surface area contributed by atoms with Crippen molar-refractivity contribution in [3.05, 3.63) is 22.9 Å². The average molecular weight is 568 g/mol. The van der Waals surface area contributed by atoms with Crippen LogP contribution in [0.4, 0.5) is 0 Å². The van der Waals surface area contributed by atoms with E-state index >= 15 is 0 Å². The minimum absolute atomic E-state index is 0.164. The molecule has 4 rings (SSSR count). The van der Waals surface area contributed by atoms with E-state index in [0.29, 0.717) is 37.5 Å². The number of aryl methyl sites for hydroxylation is 1. The number of hydrogen-bond donors (Lipinski definition) is 2. The number of ketones is 1. The van der Waals surface area contributed by atoms with E-state index in [0.717, 1.165) is 12.8 Å². The molecular weight excluding hydrogens is 526 g/mol. The number of aromatic nitrogens is 1. The van der Waals surface area contributed by atoms with Crippen molar-refractivity contribution in [3.63, 3.8) is 0 Å². The zero-order chi connectivity index (χ0) is 28.8. The Hall–Kier alpha value is -1.78. The summed E-state index contributed by atoms with van der Waals surface area (Å²) in [7, 11) is 0. The van der Waals surface area contributed by atoms with Gasteiger partial charge in [-0.2, -0.15) is 0 Å². The summed E-state index contributed by atoms with van der Waals surface area (Å²) >= 11 is 6.72. The molecule has 0 bridgehead atoms. The van der Waals surface area contributed by atoms with Crippen LogP contribution in [0.25, 0.3) is 6.08 Å². The number of aliphatic hydroxyl groups excluding tert-OH is 2. The SMILES string of the molecule is CCC12C[C@@H](C(Cl)=Cc3coc(C)n3)OC(=O)C[C@H](O)C(C)(C)C(=O)[C@@H](C3CO3)[C@H](O)[C@@H](C)CCCC1(C)O2. The van der Waals surface area contributed by atoms with Crippen molar-refractivity contribution in [1.82, 2.24) is 4.98 Å². The molecule has 1 aromatic heterocycles. The monoisotopic (exact) mass is 567 g/mol. The highest BCUT2D eigenvalue weighted by atomic mass is 35.5. The predicted molar refractivity (Wildman–Crippen MR) is 144 cm³/mol. The Bertz CT molecular complexity index is 1100. The quantitative estimate of drug-likeness (QED) is 0.402. The molecule has 4 heterocycles. The number of carbonyl (C=O) groups is 2. The van der Waals surface area contributed by atoms with Crippen LogP contribution in [0.5, 0.6) is 0 Å². The van der Waals surface area contributed by atoms with Gasteiger partial charge in [-0.3, -0.25) is 9.59 Å². The number of epoxide rings is 2. The summed E-state index contributed by atoms with van der Waals surface area (Å²) < 4.78 is 22.9. The predicted octanol–water partition coefficient (Wildman–Crippen LogP) is 4.34. The van der Waals surface area contributed by atoms with Gasteiger partial charge in [0.1, 0.15) is 29.4 Å². The third-order valence-corrected chi connectivity index (χ3v) is 9.44. The summed E-state index contributed by atoms with van der Waals surface area (Å²) in [6, 6.07) is 0. The first-order valence-electron chi connectivity index (χ1n) is 13.9. The van der Waals surface area contributed by atoms with E-state index in [9.17, 15) is 19.8 Å². The third-order valence-electron chi connectivity index (χ3n) is 9.09. The molecule has 3 aliphatic heterocycles. The first kappa shape index (κ1) is 30.2. The summed E-state index contributed by atoms with van der Waals surface area (Å²) in [6.45, 7) is 11.3. The number of nitrogens with zero attached hydrogens (tertiary/aromatic N) is 1. The van der Waals surface area contributed by atoms with Crippen LogP contribution < -0.4 is 0 Å². The Morgan fingerprint density at radius 3 is 2.54 bits per heavy atom. The van der Waals surface area contributed by atoms with E-state index in [2.05, 4.69) is 11.9 Å². The zero-order valence-electron chi connectivity index (χ0n) is 23.7. The van der Waals surface area contributed by atoms with Crippen molar-refractivity contribution < 1.29 is 38.4 Å². The maximum Gasteiger partial charge on any atom is 0.309 e. The van der Waals surface area contributed by atoms with Crippen LogP contribution in [0.2, 0.25) is 0 Å². The van der Waals surface area contributed by atoms with Crippen LogP contribution in [-0.2, 0) is 23.8 Å². The molecule has 0 aromatic carbocycles. The van der Waals surface area contributed by atoms with Gasteiger partial charge < -0.3 is 28.8 Å². The first-order chi connectivity index (χ1) is 18.2. The fourth-order valence-electron chi connectivity index (χ4n) is 6.01. The van der Waals surface area contributed by atoms with Crippen molar-refractivity contribution in [1.29, 1.82) is 0 Å². The number of carbonyl (C=O) groups excluding carboxylic acids is 2. The first-order valence-corrected chi connectivity index (χ1v) is 14.3. The summed E-state index contributed by atoms with van der Waals surface area (Å²) in [5.41, 5.74) is -1.82. The number of hydrogen-bond acceptors (Lipinski definition) is 9. The molecule has 8 atom stereocenters. The normalized spacial score (nSPS) is 40.1. The molecule has 3 unspecified atom stereocenters. The molecule has 0 amide bonds. The van der Waals surface area contributed by atoms with E-state index in [1.807, 2.05) is 13.8 Å². The maximum absolute atomic E-state index is 13.7. The molecule has 3 fully saturated rings. The van der Waals surface area contributed by atoms with Gasteiger partial charge in [-0.1, -0.05) is 45.7 Å². The number of cyclic esters (lactones) is 1. The van der Waals surface area contributed by atoms with Crippen LogP contribution in [0.15, 0.2) is 15.7 Å². The molecule has 10 heteroatoms. The lowest BCUT2D eigenvalue weighted by Gasteiger charge is -2.35. The molecular formula is C29H42ClNO8. The van der Waals surface area contributed by atoms with Crippen LogP contribution >= 0.6 is 11.6 Å². The van der Waals surface area contributed by atoms with Gasteiger partial charge in [-0.15, -0.1) is 0 Å². The molecule has 3 saturated heterocycles. The van der Waals surface area contributed by atoms with Gasteiger partial charge in [0.15, 0.2) is 5.89 Å². The van der Waals surface area contributed by atoms with Crippen molar-refractivity contribution in [2.75, 3.05) is 6.61 Å². The Morgan fingerprint density at radius 1 is 1.26 bits per heavy atom. The molecule has 0 saturated carbocycles. The van der Waals surface area contributed by atoms with Crippen LogP contribution in [0.3, 0.4) is 0 Å². The number of fused-ring (bicyclic) bond motifs is 1. The van der Waals surface area contributed by atoms with E-state index in [1.54, 1.807) is 26.8 Å². The van der Waals surface area contributed by atoms with E-state index in [-0.39, 0.29) is 16.7 Å². The highest BCUT2D eigenvalue weighted by Gasteiger charge is 2.65. The smallest absolute Gasteiger partial charge is 0.309 e. The van der Waals surface area contributed by atoms with E-state index in [1.165, 1.54) is 6.26 Å². The fourth-order valence-corrected chi connectivity index (χ4v) is 6.25.